The van der Waals surface area contributed by atoms with E-state index in [1.54, 1.807) is 0 Å². The molecule has 1 amide bonds. The van der Waals surface area contributed by atoms with Crippen molar-refractivity contribution in [2.75, 3.05) is 18.8 Å². The largest absolute Gasteiger partial charge is 0.480 e. The first kappa shape index (κ1) is 17.9. The van der Waals surface area contributed by atoms with E-state index in [0.29, 0.717) is 18.8 Å². The smallest absolute Gasteiger partial charge is 0.317 e. The van der Waals surface area contributed by atoms with Gasteiger partial charge in [0.05, 0.1) is 17.8 Å². The number of anilines is 1. The van der Waals surface area contributed by atoms with Crippen molar-refractivity contribution < 1.29 is 19.1 Å². The Morgan fingerprint density at radius 1 is 1.36 bits per heavy atom. The molecule has 1 aromatic rings. The second-order valence-electron chi connectivity index (χ2n) is 6.91. The monoisotopic (exact) mass is 369 g/mol. The van der Waals surface area contributed by atoms with E-state index in [1.807, 2.05) is 4.90 Å². The average Bonchev–Trinajstić information content (AvgIpc) is 3.28. The predicted molar refractivity (Wildman–Crippen MR) is 92.0 cm³/mol. The molecule has 0 unspecified atom stereocenters. The third kappa shape index (κ3) is 4.41. The predicted octanol–water partition coefficient (Wildman–Crippen LogP) is 2.12. The van der Waals surface area contributed by atoms with E-state index < -0.39 is 17.7 Å². The lowest BCUT2D eigenvalue weighted by Crippen LogP contribution is -2.55. The van der Waals surface area contributed by atoms with Gasteiger partial charge in [0, 0.05) is 23.7 Å². The average molecular weight is 370 g/mol. The first-order valence-electron chi connectivity index (χ1n) is 8.34. The van der Waals surface area contributed by atoms with Crippen molar-refractivity contribution in [3.05, 3.63) is 28.5 Å². The Hall–Kier alpha value is -1.86. The van der Waals surface area contributed by atoms with Crippen LogP contribution < -0.4 is 11.1 Å². The summed E-state index contributed by atoms with van der Waals surface area (Å²) in [6, 6.07) is 2.48. The van der Waals surface area contributed by atoms with Gasteiger partial charge in [-0.05, 0) is 43.7 Å². The second kappa shape index (κ2) is 7.17. The molecule has 0 bridgehead atoms. The van der Waals surface area contributed by atoms with Crippen LogP contribution in [0.1, 0.15) is 36.0 Å². The normalized spacial score (nSPS) is 22.5. The van der Waals surface area contributed by atoms with E-state index in [2.05, 4.69) is 5.32 Å². The van der Waals surface area contributed by atoms with Crippen molar-refractivity contribution in [2.45, 2.75) is 37.8 Å². The molecule has 8 heteroatoms. The molecule has 0 saturated heterocycles. The Bertz CT molecular complexity index is 690. The molecule has 3 rings (SSSR count). The second-order valence-corrected chi connectivity index (χ2v) is 7.35. The summed E-state index contributed by atoms with van der Waals surface area (Å²) >= 11 is 5.78. The summed E-state index contributed by atoms with van der Waals surface area (Å²) in [4.78, 5) is 25.3. The number of carboxylic acids is 1. The number of carboxylic acid groups (broad SMARTS) is 1. The van der Waals surface area contributed by atoms with E-state index in [1.165, 1.54) is 6.07 Å². The van der Waals surface area contributed by atoms with E-state index >= 15 is 0 Å². The quantitative estimate of drug-likeness (QED) is 0.640. The number of carbonyl (C=O) groups is 2. The summed E-state index contributed by atoms with van der Waals surface area (Å²) < 4.78 is 13.6. The summed E-state index contributed by atoms with van der Waals surface area (Å²) in [5, 5.41) is 12.0. The molecule has 1 aromatic carbocycles. The third-order valence-corrected chi connectivity index (χ3v) is 5.05. The van der Waals surface area contributed by atoms with Gasteiger partial charge in [-0.25, -0.2) is 4.39 Å². The van der Waals surface area contributed by atoms with Crippen LogP contribution in [0.15, 0.2) is 12.1 Å². The van der Waals surface area contributed by atoms with Crippen LogP contribution in [-0.2, 0) is 4.79 Å². The number of amides is 1. The summed E-state index contributed by atoms with van der Waals surface area (Å²) in [5.41, 5.74) is 5.41. The molecule has 2 fully saturated rings. The number of nitrogens with two attached hydrogens (primary N) is 1. The number of nitrogen functional groups attached to an aromatic ring is 1. The number of hydrogen-bond acceptors (Lipinski definition) is 4. The maximum atomic E-state index is 13.6. The minimum atomic E-state index is -0.838. The van der Waals surface area contributed by atoms with Gasteiger partial charge < -0.3 is 16.2 Å². The van der Waals surface area contributed by atoms with Crippen LogP contribution in [0.2, 0.25) is 5.02 Å². The molecule has 2 aliphatic rings. The Morgan fingerprint density at radius 3 is 2.64 bits per heavy atom. The highest BCUT2D eigenvalue weighted by Crippen LogP contribution is 2.34. The number of benzene rings is 1. The zero-order valence-electron chi connectivity index (χ0n) is 13.7. The first-order valence-corrected chi connectivity index (χ1v) is 8.72. The van der Waals surface area contributed by atoms with E-state index in [4.69, 9.17) is 22.4 Å². The van der Waals surface area contributed by atoms with E-state index in [-0.39, 0.29) is 34.9 Å². The number of hydrogen-bond donors (Lipinski definition) is 3. The SMILES string of the molecule is Nc1c(F)cc(Cl)cc1C(=O)NC1CC(N(CC(=O)O)CC2CC2)C1. The van der Waals surface area contributed by atoms with Gasteiger partial charge in [0.1, 0.15) is 5.82 Å². The number of nitrogens with zero attached hydrogens (tertiary/aromatic N) is 1. The lowest BCUT2D eigenvalue weighted by Gasteiger charge is -2.42. The minimum absolute atomic E-state index is 0.0221. The van der Waals surface area contributed by atoms with Gasteiger partial charge in [0.15, 0.2) is 0 Å². The third-order valence-electron chi connectivity index (χ3n) is 4.83. The molecule has 0 aromatic heterocycles. The standard InChI is InChI=1S/C17H21ClFN3O3/c18-10-3-13(16(20)14(19)4-10)17(25)21-11-5-12(6-11)22(8-15(23)24)7-9-1-2-9/h3-4,9,11-12H,1-2,5-8,20H2,(H,21,25)(H,23,24). The molecule has 0 aliphatic heterocycles. The molecule has 25 heavy (non-hydrogen) atoms. The Balaban J connectivity index is 1.55. The summed E-state index contributed by atoms with van der Waals surface area (Å²) in [5.74, 6) is -1.42. The van der Waals surface area contributed by atoms with Gasteiger partial charge >= 0.3 is 5.97 Å². The highest BCUT2D eigenvalue weighted by Gasteiger charge is 2.38. The van der Waals surface area contributed by atoms with Gasteiger partial charge in [-0.15, -0.1) is 0 Å². The number of carbonyl (C=O) groups excluding carboxylic acids is 1. The molecule has 0 atom stereocenters. The fourth-order valence-corrected chi connectivity index (χ4v) is 3.39. The Morgan fingerprint density at radius 2 is 2.04 bits per heavy atom. The van der Waals surface area contributed by atoms with E-state index in [0.717, 1.165) is 25.5 Å². The van der Waals surface area contributed by atoms with Crippen LogP contribution >= 0.6 is 11.6 Å². The topological polar surface area (TPSA) is 95.7 Å². The number of rotatable bonds is 7. The molecule has 0 spiro atoms. The fourth-order valence-electron chi connectivity index (χ4n) is 3.19. The van der Waals surface area contributed by atoms with Crippen LogP contribution in [-0.4, -0.2) is 47.1 Å². The number of aliphatic carboxylic acids is 1. The van der Waals surface area contributed by atoms with Crippen molar-refractivity contribution in [3.8, 4) is 0 Å². The lowest BCUT2D eigenvalue weighted by atomic mass is 9.85. The lowest BCUT2D eigenvalue weighted by molar-refractivity contribution is -0.139. The van der Waals surface area contributed by atoms with Crippen molar-refractivity contribution in [1.82, 2.24) is 10.2 Å². The molecular formula is C17H21ClFN3O3. The van der Waals surface area contributed by atoms with Crippen molar-refractivity contribution in [3.63, 3.8) is 0 Å². The van der Waals surface area contributed by atoms with Crippen molar-refractivity contribution in [1.29, 1.82) is 0 Å². The zero-order chi connectivity index (χ0) is 18.1. The van der Waals surface area contributed by atoms with Gasteiger partial charge in [-0.3, -0.25) is 14.5 Å². The van der Waals surface area contributed by atoms with Crippen molar-refractivity contribution in [2.24, 2.45) is 5.92 Å². The Labute approximate surface area is 150 Å². The van der Waals surface area contributed by atoms with Crippen LogP contribution in [0.4, 0.5) is 10.1 Å². The van der Waals surface area contributed by atoms with Gasteiger partial charge in [-0.2, -0.15) is 0 Å². The van der Waals surface area contributed by atoms with Gasteiger partial charge in [0.2, 0.25) is 0 Å². The van der Waals surface area contributed by atoms with E-state index in [9.17, 15) is 14.0 Å². The van der Waals surface area contributed by atoms with Gasteiger partial charge in [-0.1, -0.05) is 11.6 Å². The molecule has 0 heterocycles. The molecule has 2 saturated carbocycles. The summed E-state index contributed by atoms with van der Waals surface area (Å²) in [7, 11) is 0. The molecule has 4 N–H and O–H groups in total. The summed E-state index contributed by atoms with van der Waals surface area (Å²) in [6.45, 7) is 0.818. The van der Waals surface area contributed by atoms with Gasteiger partial charge in [0.25, 0.3) is 5.91 Å². The van der Waals surface area contributed by atoms with Crippen LogP contribution in [0.25, 0.3) is 0 Å². The molecule has 0 radical (unpaired) electrons. The Kier molecular flexibility index (Phi) is 5.15. The molecule has 6 nitrogen and oxygen atoms in total. The van der Waals surface area contributed by atoms with Crippen LogP contribution in [0.5, 0.6) is 0 Å². The maximum Gasteiger partial charge on any atom is 0.317 e. The van der Waals surface area contributed by atoms with Crippen LogP contribution in [0, 0.1) is 11.7 Å². The number of halogens is 2. The molecular weight excluding hydrogens is 349 g/mol. The number of nitrogens with one attached hydrogen (secondary N) is 1. The molecule has 136 valence electrons. The molecule has 2 aliphatic carbocycles. The van der Waals surface area contributed by atoms with Crippen LogP contribution in [0.3, 0.4) is 0 Å². The highest BCUT2D eigenvalue weighted by molar-refractivity contribution is 6.31. The summed E-state index contributed by atoms with van der Waals surface area (Å²) in [6.07, 6.45) is 3.66. The highest BCUT2D eigenvalue weighted by atomic mass is 35.5. The maximum absolute atomic E-state index is 13.6. The first-order chi connectivity index (χ1) is 11.8. The zero-order valence-corrected chi connectivity index (χ0v) is 14.4. The minimum Gasteiger partial charge on any atom is -0.480 e. The van der Waals surface area contributed by atoms with Crippen molar-refractivity contribution >= 4 is 29.2 Å². The fraction of sp³-hybridized carbons (Fsp3) is 0.529.